The van der Waals surface area contributed by atoms with Gasteiger partial charge in [0.05, 0.1) is 15.2 Å². The third-order valence-corrected chi connectivity index (χ3v) is 4.53. The van der Waals surface area contributed by atoms with E-state index in [0.717, 1.165) is 27.0 Å². The fourth-order valence-electron chi connectivity index (χ4n) is 2.00. The van der Waals surface area contributed by atoms with Crippen LogP contribution in [-0.2, 0) is 0 Å². The smallest absolute Gasteiger partial charge is 0.187 e. The molecule has 0 fully saturated rings. The number of aryl methyl sites for hydroxylation is 1. The number of hydrogen-bond acceptors (Lipinski definition) is 4. The molecule has 2 aromatic carbocycles. The highest BCUT2D eigenvalue weighted by Crippen LogP contribution is 2.31. The summed E-state index contributed by atoms with van der Waals surface area (Å²) in [5, 5.41) is 12.5. The second-order valence-corrected chi connectivity index (χ2v) is 5.76. The van der Waals surface area contributed by atoms with Crippen LogP contribution in [0.2, 0.25) is 5.02 Å². The Kier molecular flexibility index (Phi) is 3.65. The zero-order chi connectivity index (χ0) is 15.0. The Hall–Kier alpha value is -1.92. The zero-order valence-electron chi connectivity index (χ0n) is 11.1. The van der Waals surface area contributed by atoms with Crippen LogP contribution in [0.4, 0.5) is 5.69 Å². The Morgan fingerprint density at radius 2 is 2.05 bits per heavy atom. The minimum absolute atomic E-state index is 0.599. The monoisotopic (exact) mass is 363 g/mol. The summed E-state index contributed by atoms with van der Waals surface area (Å²) in [4.78, 5) is 0. The molecule has 3 rings (SSSR count). The van der Waals surface area contributed by atoms with Gasteiger partial charge in [-0.2, -0.15) is 4.68 Å². The average Bonchev–Trinajstić information content (AvgIpc) is 2.94. The number of aromatic nitrogens is 4. The number of nitrogens with two attached hydrogens (primary N) is 1. The number of rotatable bonds is 2. The number of benzene rings is 2. The Morgan fingerprint density at radius 3 is 2.81 bits per heavy atom. The van der Waals surface area contributed by atoms with Crippen LogP contribution in [0.1, 0.15) is 5.56 Å². The molecule has 0 amide bonds. The van der Waals surface area contributed by atoms with Gasteiger partial charge in [0, 0.05) is 11.3 Å². The average molecular weight is 365 g/mol. The lowest BCUT2D eigenvalue weighted by Crippen LogP contribution is -2.01. The van der Waals surface area contributed by atoms with Crippen LogP contribution in [0.25, 0.3) is 17.1 Å². The minimum Gasteiger partial charge on any atom is -0.399 e. The van der Waals surface area contributed by atoms with Crippen molar-refractivity contribution in [2.45, 2.75) is 6.92 Å². The highest BCUT2D eigenvalue weighted by Gasteiger charge is 2.14. The molecule has 5 nitrogen and oxygen atoms in total. The van der Waals surface area contributed by atoms with Crippen LogP contribution in [0, 0.1) is 6.92 Å². The molecule has 0 saturated carbocycles. The van der Waals surface area contributed by atoms with Crippen LogP contribution in [0.15, 0.2) is 40.9 Å². The van der Waals surface area contributed by atoms with Gasteiger partial charge in [-0.25, -0.2) is 0 Å². The fraction of sp³-hybridized carbons (Fsp3) is 0.0714. The zero-order valence-corrected chi connectivity index (χ0v) is 13.4. The van der Waals surface area contributed by atoms with Crippen molar-refractivity contribution in [3.63, 3.8) is 0 Å². The fourth-order valence-corrected chi connectivity index (χ4v) is 2.60. The maximum atomic E-state index is 6.13. The maximum Gasteiger partial charge on any atom is 0.187 e. The Balaban J connectivity index is 2.17. The van der Waals surface area contributed by atoms with Gasteiger partial charge < -0.3 is 5.73 Å². The number of anilines is 1. The Morgan fingerprint density at radius 1 is 1.24 bits per heavy atom. The van der Waals surface area contributed by atoms with Crippen molar-refractivity contribution in [2.24, 2.45) is 0 Å². The molecule has 7 heteroatoms. The molecule has 0 atom stereocenters. The lowest BCUT2D eigenvalue weighted by Gasteiger charge is -2.09. The summed E-state index contributed by atoms with van der Waals surface area (Å²) in [7, 11) is 0. The topological polar surface area (TPSA) is 69.6 Å². The Labute approximate surface area is 134 Å². The van der Waals surface area contributed by atoms with Gasteiger partial charge in [-0.1, -0.05) is 17.7 Å². The van der Waals surface area contributed by atoms with Crippen molar-refractivity contribution < 1.29 is 0 Å². The largest absolute Gasteiger partial charge is 0.399 e. The first kappa shape index (κ1) is 14.0. The van der Waals surface area contributed by atoms with Gasteiger partial charge in [0.15, 0.2) is 5.82 Å². The van der Waals surface area contributed by atoms with Crippen LogP contribution >= 0.6 is 27.5 Å². The number of hydrogen-bond donors (Lipinski definition) is 1. The van der Waals surface area contributed by atoms with E-state index in [0.29, 0.717) is 10.8 Å². The van der Waals surface area contributed by atoms with Crippen molar-refractivity contribution >= 4 is 33.2 Å². The number of nitrogens with zero attached hydrogens (tertiary/aromatic N) is 4. The van der Waals surface area contributed by atoms with E-state index >= 15 is 0 Å². The molecule has 0 saturated heterocycles. The predicted octanol–water partition coefficient (Wildman–Crippen LogP) is 3.64. The molecule has 1 heterocycles. The van der Waals surface area contributed by atoms with Gasteiger partial charge in [-0.3, -0.25) is 0 Å². The predicted molar refractivity (Wildman–Crippen MR) is 86.4 cm³/mol. The highest BCUT2D eigenvalue weighted by atomic mass is 79.9. The number of nitrogen functional groups attached to an aromatic ring is 1. The summed E-state index contributed by atoms with van der Waals surface area (Å²) in [5.41, 5.74) is 9.23. The molecule has 2 N–H and O–H groups in total. The summed E-state index contributed by atoms with van der Waals surface area (Å²) in [6, 6.07) is 11.2. The second kappa shape index (κ2) is 5.46. The van der Waals surface area contributed by atoms with E-state index in [1.807, 2.05) is 37.3 Å². The molecule has 0 spiro atoms. The van der Waals surface area contributed by atoms with E-state index < -0.39 is 0 Å². The number of halogens is 2. The summed E-state index contributed by atoms with van der Waals surface area (Å²) in [6.07, 6.45) is 0. The van der Waals surface area contributed by atoms with Gasteiger partial charge in [-0.05, 0) is 69.2 Å². The second-order valence-electron chi connectivity index (χ2n) is 4.56. The molecular formula is C14H11BrClN5. The van der Waals surface area contributed by atoms with E-state index in [1.54, 1.807) is 10.7 Å². The van der Waals surface area contributed by atoms with Crippen molar-refractivity contribution in [3.8, 4) is 17.1 Å². The molecule has 21 heavy (non-hydrogen) atoms. The molecule has 1 aromatic heterocycles. The quantitative estimate of drug-likeness (QED) is 0.705. The normalized spacial score (nSPS) is 10.8. The van der Waals surface area contributed by atoms with Gasteiger partial charge in [0.25, 0.3) is 0 Å². The lowest BCUT2D eigenvalue weighted by molar-refractivity contribution is 0.789. The summed E-state index contributed by atoms with van der Waals surface area (Å²) >= 11 is 9.60. The molecular weight excluding hydrogens is 354 g/mol. The van der Waals surface area contributed by atoms with Crippen molar-refractivity contribution in [3.05, 3.63) is 51.5 Å². The molecule has 106 valence electrons. The van der Waals surface area contributed by atoms with Crippen LogP contribution in [0.5, 0.6) is 0 Å². The standard InChI is InChI=1S/C14H11BrClN5/c1-8-7-9(5-6-11(8)17)14-18-19-20-21(14)12-4-2-3-10(16)13(12)15/h2-7H,17H2,1H3. The maximum absolute atomic E-state index is 6.13. The summed E-state index contributed by atoms with van der Waals surface area (Å²) < 4.78 is 2.38. The molecule has 3 aromatic rings. The van der Waals surface area contributed by atoms with Crippen molar-refractivity contribution in [1.82, 2.24) is 20.2 Å². The van der Waals surface area contributed by atoms with E-state index in [-0.39, 0.29) is 0 Å². The first-order valence-electron chi connectivity index (χ1n) is 6.17. The third-order valence-electron chi connectivity index (χ3n) is 3.16. The van der Waals surface area contributed by atoms with Gasteiger partial charge >= 0.3 is 0 Å². The molecule has 0 aliphatic carbocycles. The molecule has 0 aliphatic heterocycles. The van der Waals surface area contributed by atoms with Crippen molar-refractivity contribution in [1.29, 1.82) is 0 Å². The van der Waals surface area contributed by atoms with E-state index in [4.69, 9.17) is 17.3 Å². The van der Waals surface area contributed by atoms with Gasteiger partial charge in [-0.15, -0.1) is 5.10 Å². The molecule has 0 aliphatic rings. The van der Waals surface area contributed by atoms with E-state index in [1.165, 1.54) is 0 Å². The van der Waals surface area contributed by atoms with Crippen LogP contribution in [0.3, 0.4) is 0 Å². The van der Waals surface area contributed by atoms with Crippen LogP contribution in [-0.4, -0.2) is 20.2 Å². The molecule has 0 bridgehead atoms. The first-order valence-corrected chi connectivity index (χ1v) is 7.34. The summed E-state index contributed by atoms with van der Waals surface area (Å²) in [5.74, 6) is 0.626. The summed E-state index contributed by atoms with van der Waals surface area (Å²) in [6.45, 7) is 1.95. The SMILES string of the molecule is Cc1cc(-c2nnnn2-c2cccc(Cl)c2Br)ccc1N. The first-order chi connectivity index (χ1) is 10.1. The van der Waals surface area contributed by atoms with Gasteiger partial charge in [0.2, 0.25) is 0 Å². The van der Waals surface area contributed by atoms with Gasteiger partial charge in [0.1, 0.15) is 0 Å². The van der Waals surface area contributed by atoms with E-state index in [9.17, 15) is 0 Å². The lowest BCUT2D eigenvalue weighted by atomic mass is 10.1. The van der Waals surface area contributed by atoms with Crippen molar-refractivity contribution in [2.75, 3.05) is 5.73 Å². The number of tetrazole rings is 1. The Bertz CT molecular complexity index is 815. The third kappa shape index (κ3) is 2.52. The molecule has 0 unspecified atom stereocenters. The molecule has 0 radical (unpaired) electrons. The highest BCUT2D eigenvalue weighted by molar-refractivity contribution is 9.10. The van der Waals surface area contributed by atoms with E-state index in [2.05, 4.69) is 31.5 Å². The minimum atomic E-state index is 0.599. The van der Waals surface area contributed by atoms with Crippen LogP contribution < -0.4 is 5.73 Å².